The van der Waals surface area contributed by atoms with Crippen molar-refractivity contribution in [3.8, 4) is 0 Å². The minimum absolute atomic E-state index is 0.146. The maximum absolute atomic E-state index is 4.28. The summed E-state index contributed by atoms with van der Waals surface area (Å²) in [7, 11) is 0. The molecule has 0 spiro atoms. The minimum Gasteiger partial charge on any atom is -0.301 e. The molecule has 1 N–H and O–H groups in total. The molecule has 5 heteroatoms. The summed E-state index contributed by atoms with van der Waals surface area (Å²) in [5.41, 5.74) is 2.19. The summed E-state index contributed by atoms with van der Waals surface area (Å²) in [6.07, 6.45) is 2.00. The van der Waals surface area contributed by atoms with Gasteiger partial charge in [0.1, 0.15) is 0 Å². The Morgan fingerprint density at radius 2 is 2.05 bits per heavy atom. The average Bonchev–Trinajstić information content (AvgIpc) is 3.08. The Balaban J connectivity index is 1.82. The third-order valence-corrected chi connectivity index (χ3v) is 3.97. The van der Waals surface area contributed by atoms with Crippen molar-refractivity contribution in [2.24, 2.45) is 0 Å². The topological polar surface area (TPSA) is 42.2 Å². The molecule has 0 amide bonds. The number of hydrogen-bond donors (Lipinski definition) is 1. The van der Waals surface area contributed by atoms with Crippen molar-refractivity contribution in [2.45, 2.75) is 25.9 Å². The smallest absolute Gasteiger partial charge is 0.160 e. The largest absolute Gasteiger partial charge is 0.301 e. The summed E-state index contributed by atoms with van der Waals surface area (Å²) in [5, 5.41) is 16.3. The summed E-state index contributed by atoms with van der Waals surface area (Å²) in [6, 6.07) is 8.53. The van der Waals surface area contributed by atoms with Crippen LogP contribution in [0.5, 0.6) is 0 Å². The third kappa shape index (κ3) is 2.39. The van der Waals surface area contributed by atoms with Gasteiger partial charge in [-0.25, -0.2) is 0 Å². The fourth-order valence-corrected chi connectivity index (χ4v) is 2.98. The maximum Gasteiger partial charge on any atom is 0.160 e. The lowest BCUT2D eigenvalue weighted by molar-refractivity contribution is 0.474. The predicted octanol–water partition coefficient (Wildman–Crippen LogP) is 3.20. The van der Waals surface area contributed by atoms with Crippen LogP contribution in [0, 0.1) is 0 Å². The highest BCUT2D eigenvalue weighted by Crippen LogP contribution is 2.20. The quantitative estimate of drug-likeness (QED) is 0.793. The molecule has 2 unspecified atom stereocenters. The standard InChI is InChI=1S/C14H16N4S/c1-10(12-6-8-19-9-12)15-11(2)14-17-16-13-5-3-4-7-18(13)14/h3-11,15H,1-2H3. The van der Waals surface area contributed by atoms with Crippen molar-refractivity contribution in [3.05, 3.63) is 52.6 Å². The van der Waals surface area contributed by atoms with Crippen LogP contribution in [-0.2, 0) is 0 Å². The van der Waals surface area contributed by atoms with Gasteiger partial charge in [-0.3, -0.25) is 4.40 Å². The molecule has 4 nitrogen and oxygen atoms in total. The fraction of sp³-hybridized carbons (Fsp3) is 0.286. The second-order valence-corrected chi connectivity index (χ2v) is 5.43. The van der Waals surface area contributed by atoms with Gasteiger partial charge in [-0.2, -0.15) is 11.3 Å². The normalized spacial score (nSPS) is 14.6. The van der Waals surface area contributed by atoms with Gasteiger partial charge in [0.15, 0.2) is 11.5 Å². The van der Waals surface area contributed by atoms with E-state index in [2.05, 4.69) is 46.2 Å². The van der Waals surface area contributed by atoms with Crippen LogP contribution in [0.1, 0.15) is 37.3 Å². The molecule has 0 fully saturated rings. The maximum atomic E-state index is 4.28. The van der Waals surface area contributed by atoms with Gasteiger partial charge < -0.3 is 5.32 Å². The number of hydrogen-bond acceptors (Lipinski definition) is 4. The van der Waals surface area contributed by atoms with Crippen molar-refractivity contribution in [3.63, 3.8) is 0 Å². The number of aromatic nitrogens is 3. The van der Waals surface area contributed by atoms with E-state index in [1.807, 2.05) is 28.8 Å². The number of nitrogens with zero attached hydrogens (tertiary/aromatic N) is 3. The second kappa shape index (κ2) is 5.11. The van der Waals surface area contributed by atoms with Crippen molar-refractivity contribution in [2.75, 3.05) is 0 Å². The van der Waals surface area contributed by atoms with E-state index >= 15 is 0 Å². The zero-order valence-electron chi connectivity index (χ0n) is 10.9. The highest BCUT2D eigenvalue weighted by molar-refractivity contribution is 7.07. The van der Waals surface area contributed by atoms with Gasteiger partial charge >= 0.3 is 0 Å². The van der Waals surface area contributed by atoms with Crippen molar-refractivity contribution >= 4 is 17.0 Å². The first-order chi connectivity index (χ1) is 9.25. The molecule has 19 heavy (non-hydrogen) atoms. The van der Waals surface area contributed by atoms with Crippen LogP contribution in [0.15, 0.2) is 41.2 Å². The third-order valence-electron chi connectivity index (χ3n) is 3.27. The lowest BCUT2D eigenvalue weighted by atomic mass is 10.1. The molecule has 0 saturated heterocycles. The van der Waals surface area contributed by atoms with Crippen LogP contribution in [0.25, 0.3) is 5.65 Å². The molecule has 3 heterocycles. The Morgan fingerprint density at radius 3 is 2.84 bits per heavy atom. The number of thiophene rings is 1. The van der Waals surface area contributed by atoms with E-state index in [4.69, 9.17) is 0 Å². The van der Waals surface area contributed by atoms with Crippen molar-refractivity contribution in [1.82, 2.24) is 19.9 Å². The van der Waals surface area contributed by atoms with E-state index in [0.29, 0.717) is 6.04 Å². The van der Waals surface area contributed by atoms with E-state index in [0.717, 1.165) is 11.5 Å². The van der Waals surface area contributed by atoms with Crippen LogP contribution >= 0.6 is 11.3 Å². The van der Waals surface area contributed by atoms with E-state index in [9.17, 15) is 0 Å². The number of rotatable bonds is 4. The first-order valence-corrected chi connectivity index (χ1v) is 7.28. The molecule has 98 valence electrons. The molecule has 0 bridgehead atoms. The summed E-state index contributed by atoms with van der Waals surface area (Å²) in [6.45, 7) is 4.29. The molecular formula is C14H16N4S. The lowest BCUT2D eigenvalue weighted by Gasteiger charge is -2.18. The van der Waals surface area contributed by atoms with Crippen LogP contribution in [0.2, 0.25) is 0 Å². The van der Waals surface area contributed by atoms with Gasteiger partial charge in [0.2, 0.25) is 0 Å². The average molecular weight is 272 g/mol. The fourth-order valence-electron chi connectivity index (χ4n) is 2.22. The zero-order chi connectivity index (χ0) is 13.2. The summed E-state index contributed by atoms with van der Waals surface area (Å²) >= 11 is 1.72. The molecule has 3 rings (SSSR count). The van der Waals surface area contributed by atoms with E-state index in [1.54, 1.807) is 11.3 Å². The molecule has 0 aliphatic rings. The van der Waals surface area contributed by atoms with Gasteiger partial charge in [0.25, 0.3) is 0 Å². The lowest BCUT2D eigenvalue weighted by Crippen LogP contribution is -2.23. The van der Waals surface area contributed by atoms with Gasteiger partial charge in [0.05, 0.1) is 6.04 Å². The summed E-state index contributed by atoms with van der Waals surface area (Å²) < 4.78 is 2.03. The van der Waals surface area contributed by atoms with Crippen LogP contribution in [-0.4, -0.2) is 14.6 Å². The first kappa shape index (κ1) is 12.3. The van der Waals surface area contributed by atoms with Crippen LogP contribution < -0.4 is 5.32 Å². The molecule has 0 aromatic carbocycles. The molecular weight excluding hydrogens is 256 g/mol. The Morgan fingerprint density at radius 1 is 1.16 bits per heavy atom. The van der Waals surface area contributed by atoms with Gasteiger partial charge in [-0.1, -0.05) is 6.07 Å². The van der Waals surface area contributed by atoms with Gasteiger partial charge in [-0.15, -0.1) is 10.2 Å². The highest BCUT2D eigenvalue weighted by atomic mass is 32.1. The molecule has 0 saturated carbocycles. The molecule has 0 aliphatic carbocycles. The first-order valence-electron chi connectivity index (χ1n) is 6.33. The Bertz CT molecular complexity index is 659. The molecule has 2 atom stereocenters. The van der Waals surface area contributed by atoms with E-state index in [1.165, 1.54) is 5.56 Å². The van der Waals surface area contributed by atoms with Crippen LogP contribution in [0.3, 0.4) is 0 Å². The Hall–Kier alpha value is -1.72. The molecule has 0 radical (unpaired) electrons. The number of pyridine rings is 1. The molecule has 3 aromatic heterocycles. The zero-order valence-corrected chi connectivity index (χ0v) is 11.8. The Kier molecular flexibility index (Phi) is 3.31. The van der Waals surface area contributed by atoms with Crippen molar-refractivity contribution in [1.29, 1.82) is 0 Å². The summed E-state index contributed by atoms with van der Waals surface area (Å²) in [4.78, 5) is 0. The van der Waals surface area contributed by atoms with Crippen molar-refractivity contribution < 1.29 is 0 Å². The Labute approximate surface area is 116 Å². The summed E-state index contributed by atoms with van der Waals surface area (Å²) in [5.74, 6) is 0.942. The number of fused-ring (bicyclic) bond motifs is 1. The predicted molar refractivity (Wildman–Crippen MR) is 77.3 cm³/mol. The minimum atomic E-state index is 0.146. The SMILES string of the molecule is CC(NC(C)c1nnc2ccccn12)c1ccsc1. The van der Waals surface area contributed by atoms with Gasteiger partial charge in [-0.05, 0) is 48.4 Å². The van der Waals surface area contributed by atoms with E-state index < -0.39 is 0 Å². The second-order valence-electron chi connectivity index (χ2n) is 4.65. The molecule has 0 aliphatic heterocycles. The highest BCUT2D eigenvalue weighted by Gasteiger charge is 2.16. The number of nitrogens with one attached hydrogen (secondary N) is 1. The van der Waals surface area contributed by atoms with Gasteiger partial charge in [0, 0.05) is 12.2 Å². The van der Waals surface area contributed by atoms with E-state index in [-0.39, 0.29) is 6.04 Å². The monoisotopic (exact) mass is 272 g/mol. The van der Waals surface area contributed by atoms with Crippen LogP contribution in [0.4, 0.5) is 0 Å². The molecule has 3 aromatic rings.